The van der Waals surface area contributed by atoms with E-state index >= 15 is 0 Å². The summed E-state index contributed by atoms with van der Waals surface area (Å²) in [6.07, 6.45) is 2.52. The zero-order chi connectivity index (χ0) is 12.8. The van der Waals surface area contributed by atoms with E-state index in [4.69, 9.17) is 0 Å². The number of nitrogens with one attached hydrogen (secondary N) is 1. The van der Waals surface area contributed by atoms with Crippen molar-refractivity contribution in [2.75, 3.05) is 6.54 Å². The van der Waals surface area contributed by atoms with Crippen LogP contribution >= 0.6 is 0 Å². The van der Waals surface area contributed by atoms with Crippen LogP contribution in [-0.4, -0.2) is 11.5 Å². The molecule has 0 aliphatic heterocycles. The predicted octanol–water partition coefficient (Wildman–Crippen LogP) is 3.11. The lowest BCUT2D eigenvalue weighted by Gasteiger charge is -2.17. The van der Waals surface area contributed by atoms with Crippen molar-refractivity contribution in [1.82, 2.24) is 10.3 Å². The lowest BCUT2D eigenvalue weighted by molar-refractivity contribution is 0.534. The highest BCUT2D eigenvalue weighted by molar-refractivity contribution is 5.20. The monoisotopic (exact) mass is 244 g/mol. The minimum absolute atomic E-state index is 0.123. The second kappa shape index (κ2) is 6.26. The molecule has 1 aromatic carbocycles. The van der Waals surface area contributed by atoms with Gasteiger partial charge in [0.25, 0.3) is 0 Å². The lowest BCUT2D eigenvalue weighted by Crippen LogP contribution is -2.23. The smallest absolute Gasteiger partial charge is 0.123 e. The van der Waals surface area contributed by atoms with Crippen molar-refractivity contribution >= 4 is 0 Å². The Hall–Kier alpha value is -1.74. The van der Waals surface area contributed by atoms with Gasteiger partial charge in [0.2, 0.25) is 0 Å². The Labute approximate surface area is 107 Å². The molecule has 2 aromatic rings. The molecule has 0 aliphatic carbocycles. The molecule has 1 unspecified atom stereocenters. The van der Waals surface area contributed by atoms with Crippen LogP contribution in [-0.2, 0) is 6.42 Å². The molecular formula is C15H17FN2. The van der Waals surface area contributed by atoms with Gasteiger partial charge >= 0.3 is 0 Å². The number of hydrogen-bond donors (Lipinski definition) is 1. The fourth-order valence-corrected chi connectivity index (χ4v) is 2.01. The van der Waals surface area contributed by atoms with Gasteiger partial charge in [0.05, 0.1) is 11.7 Å². The summed E-state index contributed by atoms with van der Waals surface area (Å²) in [5, 5.41) is 3.38. The molecule has 94 valence electrons. The summed E-state index contributed by atoms with van der Waals surface area (Å²) in [7, 11) is 0. The van der Waals surface area contributed by atoms with Crippen molar-refractivity contribution in [1.29, 1.82) is 0 Å². The molecule has 0 bridgehead atoms. The second-order valence-electron chi connectivity index (χ2n) is 4.20. The van der Waals surface area contributed by atoms with Gasteiger partial charge in [0, 0.05) is 6.20 Å². The third-order valence-electron chi connectivity index (χ3n) is 2.82. The molecule has 0 saturated carbocycles. The fourth-order valence-electron chi connectivity index (χ4n) is 2.01. The van der Waals surface area contributed by atoms with E-state index in [9.17, 15) is 4.39 Å². The Balaban J connectivity index is 2.16. The molecule has 0 fully saturated rings. The van der Waals surface area contributed by atoms with Crippen LogP contribution in [0.15, 0.2) is 48.7 Å². The summed E-state index contributed by atoms with van der Waals surface area (Å²) in [6, 6.07) is 12.7. The highest BCUT2D eigenvalue weighted by atomic mass is 19.1. The minimum Gasteiger partial charge on any atom is -0.309 e. The van der Waals surface area contributed by atoms with Crippen LogP contribution in [0.3, 0.4) is 0 Å². The molecule has 0 amide bonds. The van der Waals surface area contributed by atoms with E-state index in [-0.39, 0.29) is 11.9 Å². The summed E-state index contributed by atoms with van der Waals surface area (Å²) in [5.41, 5.74) is 1.97. The van der Waals surface area contributed by atoms with Crippen molar-refractivity contribution in [3.8, 4) is 0 Å². The van der Waals surface area contributed by atoms with Crippen LogP contribution < -0.4 is 5.32 Å². The van der Waals surface area contributed by atoms with E-state index in [2.05, 4.69) is 17.2 Å². The molecular weight excluding hydrogens is 227 g/mol. The van der Waals surface area contributed by atoms with Crippen LogP contribution in [0.2, 0.25) is 0 Å². The maximum Gasteiger partial charge on any atom is 0.123 e. The average molecular weight is 244 g/mol. The summed E-state index contributed by atoms with van der Waals surface area (Å²) in [4.78, 5) is 4.36. The lowest BCUT2D eigenvalue weighted by atomic mass is 10.0. The number of halogens is 1. The highest BCUT2D eigenvalue weighted by Crippen LogP contribution is 2.16. The van der Waals surface area contributed by atoms with Gasteiger partial charge in [0.15, 0.2) is 0 Å². The van der Waals surface area contributed by atoms with Gasteiger partial charge in [-0.2, -0.15) is 0 Å². The van der Waals surface area contributed by atoms with Crippen LogP contribution in [0.25, 0.3) is 0 Å². The fraction of sp³-hybridized carbons (Fsp3) is 0.267. The van der Waals surface area contributed by atoms with Gasteiger partial charge in [-0.3, -0.25) is 4.98 Å². The first kappa shape index (κ1) is 12.7. The standard InChI is InChI=1S/C15H17FN2/c1-2-17-15(14-8-3-4-9-18-14)11-12-6-5-7-13(16)10-12/h3-10,15,17H,2,11H2,1H3. The first-order chi connectivity index (χ1) is 8.79. The number of likely N-dealkylation sites (N-methyl/N-ethyl adjacent to an activating group) is 1. The van der Waals surface area contributed by atoms with E-state index in [0.29, 0.717) is 0 Å². The topological polar surface area (TPSA) is 24.9 Å². The Morgan fingerprint density at radius 1 is 1.22 bits per heavy atom. The molecule has 2 rings (SSSR count). The van der Waals surface area contributed by atoms with Crippen molar-refractivity contribution in [3.05, 3.63) is 65.7 Å². The summed E-state index contributed by atoms with van der Waals surface area (Å²) >= 11 is 0. The largest absolute Gasteiger partial charge is 0.309 e. The van der Waals surface area contributed by atoms with Gasteiger partial charge in [0.1, 0.15) is 5.82 Å². The normalized spacial score (nSPS) is 12.3. The minimum atomic E-state index is -0.191. The Morgan fingerprint density at radius 3 is 2.78 bits per heavy atom. The molecule has 3 heteroatoms. The van der Waals surface area contributed by atoms with Gasteiger partial charge in [-0.15, -0.1) is 0 Å². The molecule has 0 aliphatic rings. The molecule has 18 heavy (non-hydrogen) atoms. The molecule has 1 heterocycles. The van der Waals surface area contributed by atoms with Crippen molar-refractivity contribution in [2.45, 2.75) is 19.4 Å². The number of aromatic nitrogens is 1. The van der Waals surface area contributed by atoms with Crippen LogP contribution in [0.5, 0.6) is 0 Å². The summed E-state index contributed by atoms with van der Waals surface area (Å²) < 4.78 is 13.2. The maximum absolute atomic E-state index is 13.2. The molecule has 0 radical (unpaired) electrons. The Kier molecular flexibility index (Phi) is 4.42. The third kappa shape index (κ3) is 3.37. The average Bonchev–Trinajstić information content (AvgIpc) is 2.39. The zero-order valence-corrected chi connectivity index (χ0v) is 10.4. The number of benzene rings is 1. The molecule has 2 nitrogen and oxygen atoms in total. The number of rotatable bonds is 5. The van der Waals surface area contributed by atoms with Crippen molar-refractivity contribution in [2.24, 2.45) is 0 Å². The van der Waals surface area contributed by atoms with E-state index < -0.39 is 0 Å². The second-order valence-corrected chi connectivity index (χ2v) is 4.20. The summed E-state index contributed by atoms with van der Waals surface area (Å²) in [6.45, 7) is 2.91. The quantitative estimate of drug-likeness (QED) is 0.874. The van der Waals surface area contributed by atoms with Gasteiger partial charge < -0.3 is 5.32 Å². The van der Waals surface area contributed by atoms with Gasteiger partial charge in [-0.05, 0) is 42.8 Å². The van der Waals surface area contributed by atoms with Gasteiger partial charge in [-0.25, -0.2) is 4.39 Å². The predicted molar refractivity (Wildman–Crippen MR) is 70.8 cm³/mol. The zero-order valence-electron chi connectivity index (χ0n) is 10.4. The van der Waals surface area contributed by atoms with Crippen LogP contribution in [0.4, 0.5) is 4.39 Å². The maximum atomic E-state index is 13.2. The van der Waals surface area contributed by atoms with E-state index in [1.165, 1.54) is 6.07 Å². The van der Waals surface area contributed by atoms with E-state index in [1.807, 2.05) is 24.3 Å². The van der Waals surface area contributed by atoms with E-state index in [0.717, 1.165) is 24.2 Å². The van der Waals surface area contributed by atoms with Crippen molar-refractivity contribution in [3.63, 3.8) is 0 Å². The third-order valence-corrected chi connectivity index (χ3v) is 2.82. The number of pyridine rings is 1. The first-order valence-corrected chi connectivity index (χ1v) is 6.18. The highest BCUT2D eigenvalue weighted by Gasteiger charge is 2.12. The van der Waals surface area contributed by atoms with Gasteiger partial charge in [-0.1, -0.05) is 25.1 Å². The van der Waals surface area contributed by atoms with Crippen molar-refractivity contribution < 1.29 is 4.39 Å². The molecule has 1 atom stereocenters. The molecule has 1 aromatic heterocycles. The number of nitrogens with zero attached hydrogens (tertiary/aromatic N) is 1. The Morgan fingerprint density at radius 2 is 2.11 bits per heavy atom. The summed E-state index contributed by atoms with van der Waals surface area (Å²) in [5.74, 6) is -0.191. The SMILES string of the molecule is CCNC(Cc1cccc(F)c1)c1ccccn1. The van der Waals surface area contributed by atoms with Crippen LogP contribution in [0.1, 0.15) is 24.2 Å². The molecule has 1 N–H and O–H groups in total. The van der Waals surface area contributed by atoms with E-state index in [1.54, 1.807) is 18.3 Å². The molecule has 0 spiro atoms. The number of hydrogen-bond acceptors (Lipinski definition) is 2. The first-order valence-electron chi connectivity index (χ1n) is 6.18. The van der Waals surface area contributed by atoms with Crippen LogP contribution in [0, 0.1) is 5.82 Å². The Bertz CT molecular complexity index is 485. The molecule has 0 saturated heterocycles.